The van der Waals surface area contributed by atoms with Crippen molar-refractivity contribution in [3.05, 3.63) is 90.0 Å². The monoisotopic (exact) mass is 508 g/mol. The Bertz CT molecular complexity index is 1290. The van der Waals surface area contributed by atoms with E-state index in [9.17, 15) is 13.2 Å². The summed E-state index contributed by atoms with van der Waals surface area (Å²) in [4.78, 5) is 12.9. The maximum absolute atomic E-state index is 13.3. The Morgan fingerprint density at radius 1 is 1.00 bits per heavy atom. The van der Waals surface area contributed by atoms with E-state index in [0.29, 0.717) is 17.0 Å². The minimum Gasteiger partial charge on any atom is -0.492 e. The molecule has 3 aromatic carbocycles. The highest BCUT2D eigenvalue weighted by Gasteiger charge is 2.36. The number of anilines is 1. The van der Waals surface area contributed by atoms with E-state index in [1.54, 1.807) is 48.5 Å². The SMILES string of the molecule is CC(C)(C)c1ccc(OCCNC(=O)[C@H]2CN(S(=O)(=O)Cc3ccccc3)c3ccccc3O2)cc1. The van der Waals surface area contributed by atoms with Gasteiger partial charge in [0, 0.05) is 0 Å². The fourth-order valence-corrected chi connectivity index (χ4v) is 5.56. The Kier molecular flexibility index (Phi) is 7.54. The lowest BCUT2D eigenvalue weighted by Gasteiger charge is -2.34. The summed E-state index contributed by atoms with van der Waals surface area (Å²) in [5.74, 6) is 0.517. The number of hydrogen-bond donors (Lipinski definition) is 1. The summed E-state index contributed by atoms with van der Waals surface area (Å²) in [6.45, 7) is 6.89. The molecule has 0 bridgehead atoms. The predicted molar refractivity (Wildman–Crippen MR) is 141 cm³/mol. The highest BCUT2D eigenvalue weighted by molar-refractivity contribution is 7.92. The summed E-state index contributed by atoms with van der Waals surface area (Å²) in [7, 11) is -3.74. The molecule has 1 amide bonds. The Morgan fingerprint density at radius 2 is 1.67 bits per heavy atom. The lowest BCUT2D eigenvalue weighted by molar-refractivity contribution is -0.127. The molecular formula is C28H32N2O5S. The molecule has 0 unspecified atom stereocenters. The zero-order valence-electron chi connectivity index (χ0n) is 20.8. The van der Waals surface area contributed by atoms with Crippen LogP contribution in [0.1, 0.15) is 31.9 Å². The molecule has 8 heteroatoms. The van der Waals surface area contributed by atoms with Crippen molar-refractivity contribution in [1.29, 1.82) is 0 Å². The van der Waals surface area contributed by atoms with Crippen molar-refractivity contribution in [2.75, 3.05) is 24.0 Å². The van der Waals surface area contributed by atoms with Gasteiger partial charge in [-0.2, -0.15) is 0 Å². The lowest BCUT2D eigenvalue weighted by atomic mass is 9.87. The fraction of sp³-hybridized carbons (Fsp3) is 0.321. The molecular weight excluding hydrogens is 476 g/mol. The Labute approximate surface area is 213 Å². The first-order valence-electron chi connectivity index (χ1n) is 11.9. The van der Waals surface area contributed by atoms with Crippen LogP contribution in [0.3, 0.4) is 0 Å². The van der Waals surface area contributed by atoms with Crippen molar-refractivity contribution < 1.29 is 22.7 Å². The van der Waals surface area contributed by atoms with Crippen molar-refractivity contribution in [2.45, 2.75) is 38.0 Å². The lowest BCUT2D eigenvalue weighted by Crippen LogP contribution is -2.51. The molecule has 1 heterocycles. The number of nitrogens with one attached hydrogen (secondary N) is 1. The van der Waals surface area contributed by atoms with E-state index in [2.05, 4.69) is 26.1 Å². The van der Waals surface area contributed by atoms with Gasteiger partial charge in [-0.15, -0.1) is 0 Å². The summed E-state index contributed by atoms with van der Waals surface area (Å²) >= 11 is 0. The van der Waals surface area contributed by atoms with Crippen molar-refractivity contribution in [2.24, 2.45) is 0 Å². The number of fused-ring (bicyclic) bond motifs is 1. The minimum atomic E-state index is -3.74. The topological polar surface area (TPSA) is 84.9 Å². The molecule has 36 heavy (non-hydrogen) atoms. The molecule has 0 aliphatic carbocycles. The van der Waals surface area contributed by atoms with Crippen LogP contribution < -0.4 is 19.1 Å². The van der Waals surface area contributed by atoms with E-state index in [1.807, 2.05) is 30.3 Å². The second kappa shape index (κ2) is 10.6. The van der Waals surface area contributed by atoms with Crippen molar-refractivity contribution in [3.63, 3.8) is 0 Å². The zero-order chi connectivity index (χ0) is 25.8. The van der Waals surface area contributed by atoms with Gasteiger partial charge in [0.15, 0.2) is 6.10 Å². The van der Waals surface area contributed by atoms with Crippen LogP contribution in [-0.4, -0.2) is 40.1 Å². The maximum atomic E-state index is 13.3. The molecule has 1 N–H and O–H groups in total. The molecule has 1 atom stereocenters. The summed E-state index contributed by atoms with van der Waals surface area (Å²) in [6, 6.07) is 23.7. The largest absolute Gasteiger partial charge is 0.492 e. The summed E-state index contributed by atoms with van der Waals surface area (Å²) < 4.78 is 39.5. The number of benzene rings is 3. The van der Waals surface area contributed by atoms with Crippen LogP contribution in [0.25, 0.3) is 0 Å². The first kappa shape index (κ1) is 25.6. The summed E-state index contributed by atoms with van der Waals surface area (Å²) in [5, 5.41) is 2.80. The third-order valence-corrected chi connectivity index (χ3v) is 7.66. The predicted octanol–water partition coefficient (Wildman–Crippen LogP) is 4.28. The van der Waals surface area contributed by atoms with Crippen LogP contribution in [0.15, 0.2) is 78.9 Å². The van der Waals surface area contributed by atoms with Crippen LogP contribution in [0.2, 0.25) is 0 Å². The molecule has 1 aliphatic heterocycles. The standard InChI is InChI=1S/C28H32N2O5S/c1-28(2,3)22-13-15-23(16-14-22)34-18-17-29-27(31)26-19-30(24-11-7-8-12-25(24)35-26)36(32,33)20-21-9-5-4-6-10-21/h4-16,26H,17-20H2,1-3H3,(H,29,31)/t26-/m1/s1. The number of ether oxygens (including phenoxy) is 2. The average molecular weight is 509 g/mol. The van der Waals surface area contributed by atoms with Gasteiger partial charge in [0.05, 0.1) is 24.5 Å². The maximum Gasteiger partial charge on any atom is 0.263 e. The number of carbonyl (C=O) groups is 1. The molecule has 0 saturated heterocycles. The third-order valence-electron chi connectivity index (χ3n) is 5.95. The number of nitrogens with zero attached hydrogens (tertiary/aromatic N) is 1. The molecule has 190 valence electrons. The Morgan fingerprint density at radius 3 is 2.36 bits per heavy atom. The molecule has 1 aliphatic rings. The Hall–Kier alpha value is -3.52. The molecule has 0 fully saturated rings. The molecule has 3 aromatic rings. The van der Waals surface area contributed by atoms with Gasteiger partial charge in [-0.3, -0.25) is 9.10 Å². The fourth-order valence-electron chi connectivity index (χ4n) is 3.97. The van der Waals surface area contributed by atoms with E-state index in [-0.39, 0.29) is 30.9 Å². The molecule has 0 aromatic heterocycles. The van der Waals surface area contributed by atoms with Crippen LogP contribution in [0.4, 0.5) is 5.69 Å². The summed E-state index contributed by atoms with van der Waals surface area (Å²) in [5.41, 5.74) is 2.38. The van der Waals surface area contributed by atoms with Gasteiger partial charge in [0.2, 0.25) is 10.0 Å². The van der Waals surface area contributed by atoms with Crippen molar-refractivity contribution in [3.8, 4) is 11.5 Å². The zero-order valence-corrected chi connectivity index (χ0v) is 21.6. The molecule has 0 saturated carbocycles. The van der Waals surface area contributed by atoms with E-state index < -0.39 is 22.0 Å². The van der Waals surface area contributed by atoms with Gasteiger partial charge < -0.3 is 14.8 Å². The quantitative estimate of drug-likeness (QED) is 0.459. The van der Waals surface area contributed by atoms with Gasteiger partial charge in [-0.1, -0.05) is 75.4 Å². The number of hydrogen-bond acceptors (Lipinski definition) is 5. The molecule has 0 radical (unpaired) electrons. The number of amides is 1. The smallest absolute Gasteiger partial charge is 0.263 e. The molecule has 0 spiro atoms. The first-order chi connectivity index (χ1) is 17.1. The minimum absolute atomic E-state index is 0.0631. The second-order valence-corrected chi connectivity index (χ2v) is 11.7. The van der Waals surface area contributed by atoms with E-state index in [4.69, 9.17) is 9.47 Å². The van der Waals surface area contributed by atoms with Crippen molar-refractivity contribution >= 4 is 21.6 Å². The van der Waals surface area contributed by atoms with Crippen LogP contribution in [0, 0.1) is 0 Å². The summed E-state index contributed by atoms with van der Waals surface area (Å²) in [6.07, 6.45) is -0.975. The van der Waals surface area contributed by atoms with E-state index in [1.165, 1.54) is 9.87 Å². The van der Waals surface area contributed by atoms with E-state index in [0.717, 1.165) is 5.75 Å². The first-order valence-corrected chi connectivity index (χ1v) is 13.6. The normalized spacial score (nSPS) is 15.5. The molecule has 4 rings (SSSR count). The van der Waals surface area contributed by atoms with Gasteiger partial charge in [0.1, 0.15) is 18.1 Å². The third kappa shape index (κ3) is 6.18. The van der Waals surface area contributed by atoms with Gasteiger partial charge in [-0.05, 0) is 40.8 Å². The van der Waals surface area contributed by atoms with Gasteiger partial charge in [0.25, 0.3) is 5.91 Å². The number of rotatable bonds is 8. The van der Waals surface area contributed by atoms with Crippen LogP contribution in [0.5, 0.6) is 11.5 Å². The Balaban J connectivity index is 1.37. The average Bonchev–Trinajstić information content (AvgIpc) is 2.86. The van der Waals surface area contributed by atoms with Crippen LogP contribution in [-0.2, 0) is 26.0 Å². The van der Waals surface area contributed by atoms with Gasteiger partial charge >= 0.3 is 0 Å². The van der Waals surface area contributed by atoms with Crippen LogP contribution >= 0.6 is 0 Å². The van der Waals surface area contributed by atoms with Gasteiger partial charge in [-0.25, -0.2) is 8.42 Å². The second-order valence-electron chi connectivity index (χ2n) is 9.76. The number of carbonyl (C=O) groups excluding carboxylic acids is 1. The van der Waals surface area contributed by atoms with E-state index >= 15 is 0 Å². The number of para-hydroxylation sites is 2. The van der Waals surface area contributed by atoms with Crippen molar-refractivity contribution in [1.82, 2.24) is 5.32 Å². The highest BCUT2D eigenvalue weighted by Crippen LogP contribution is 2.35. The molecule has 7 nitrogen and oxygen atoms in total. The highest BCUT2D eigenvalue weighted by atomic mass is 32.2. The number of sulfonamides is 1.